The molecule has 7 nitrogen and oxygen atoms in total. The number of carbonyl (C=O) groups is 3. The van der Waals surface area contributed by atoms with Gasteiger partial charge in [0.05, 0.1) is 0 Å². The number of urea groups is 1. The molecule has 0 atom stereocenters. The highest BCUT2D eigenvalue weighted by Crippen LogP contribution is 2.10. The van der Waals surface area contributed by atoms with Crippen LogP contribution in [-0.4, -0.2) is 67.9 Å². The average Bonchev–Trinajstić information content (AvgIpc) is 2.81. The molecule has 1 fully saturated rings. The van der Waals surface area contributed by atoms with Crippen LogP contribution in [0.1, 0.15) is 12.8 Å². The van der Waals surface area contributed by atoms with Crippen molar-refractivity contribution in [1.29, 1.82) is 0 Å². The Morgan fingerprint density at radius 1 is 1.25 bits per heavy atom. The van der Waals surface area contributed by atoms with E-state index in [1.165, 1.54) is 9.80 Å². The van der Waals surface area contributed by atoms with Crippen molar-refractivity contribution in [2.75, 3.05) is 45.2 Å². The van der Waals surface area contributed by atoms with Gasteiger partial charge in [0.15, 0.2) is 0 Å². The van der Waals surface area contributed by atoms with Crippen molar-refractivity contribution < 1.29 is 14.4 Å². The van der Waals surface area contributed by atoms with Crippen LogP contribution < -0.4 is 10.2 Å². The maximum atomic E-state index is 11.8. The molecule has 1 heterocycles. The maximum absolute atomic E-state index is 11.8. The molecule has 0 spiro atoms. The number of anilines is 1. The van der Waals surface area contributed by atoms with Gasteiger partial charge in [-0.05, 0) is 18.6 Å². The lowest BCUT2D eigenvalue weighted by molar-refractivity contribution is -0.126. The van der Waals surface area contributed by atoms with Gasteiger partial charge in [-0.2, -0.15) is 0 Å². The number of likely N-dealkylation sites (N-methyl/N-ethyl adjacent to an activating group) is 2. The molecule has 7 heteroatoms. The van der Waals surface area contributed by atoms with E-state index in [1.54, 1.807) is 7.05 Å². The van der Waals surface area contributed by atoms with Gasteiger partial charge in [-0.15, -0.1) is 0 Å². The van der Waals surface area contributed by atoms with Gasteiger partial charge in [0.25, 0.3) is 0 Å². The molecule has 0 unspecified atom stereocenters. The highest BCUT2D eigenvalue weighted by molar-refractivity contribution is 6.01. The molecule has 0 saturated carbocycles. The third-order valence-corrected chi connectivity index (χ3v) is 3.98. The molecular weight excluding hydrogens is 308 g/mol. The molecule has 1 aromatic carbocycles. The molecular formula is C17H24N4O3. The summed E-state index contributed by atoms with van der Waals surface area (Å²) in [6.07, 6.45) is 0.779. The minimum atomic E-state index is -0.287. The van der Waals surface area contributed by atoms with Crippen LogP contribution in [-0.2, 0) is 9.59 Å². The van der Waals surface area contributed by atoms with E-state index in [9.17, 15) is 14.4 Å². The Bertz CT molecular complexity index is 591. The summed E-state index contributed by atoms with van der Waals surface area (Å²) < 4.78 is 0. The lowest BCUT2D eigenvalue weighted by Crippen LogP contribution is -2.35. The number of nitrogens with zero attached hydrogens (tertiary/aromatic N) is 3. The van der Waals surface area contributed by atoms with E-state index < -0.39 is 0 Å². The van der Waals surface area contributed by atoms with Crippen LogP contribution in [0.5, 0.6) is 0 Å². The highest BCUT2D eigenvalue weighted by Gasteiger charge is 2.32. The summed E-state index contributed by atoms with van der Waals surface area (Å²) in [6.45, 7) is 1.67. The third-order valence-electron chi connectivity index (χ3n) is 3.98. The van der Waals surface area contributed by atoms with Gasteiger partial charge in [-0.25, -0.2) is 4.79 Å². The summed E-state index contributed by atoms with van der Waals surface area (Å²) in [5.41, 5.74) is 1.10. The second-order valence-electron chi connectivity index (χ2n) is 5.89. The molecule has 1 aliphatic rings. The summed E-state index contributed by atoms with van der Waals surface area (Å²) in [5.74, 6) is -0.267. The van der Waals surface area contributed by atoms with Gasteiger partial charge >= 0.3 is 6.03 Å². The zero-order valence-corrected chi connectivity index (χ0v) is 14.2. The lowest BCUT2D eigenvalue weighted by Gasteiger charge is -2.19. The summed E-state index contributed by atoms with van der Waals surface area (Å²) in [6, 6.07) is 9.66. The molecule has 1 saturated heterocycles. The lowest BCUT2D eigenvalue weighted by atomic mass is 10.2. The molecule has 24 heavy (non-hydrogen) atoms. The molecule has 130 valence electrons. The van der Waals surface area contributed by atoms with Crippen molar-refractivity contribution in [1.82, 2.24) is 15.1 Å². The first kappa shape index (κ1) is 17.8. The molecule has 4 amide bonds. The van der Waals surface area contributed by atoms with Crippen molar-refractivity contribution >= 4 is 23.5 Å². The molecule has 1 aliphatic heterocycles. The molecule has 1 N–H and O–H groups in total. The summed E-state index contributed by atoms with van der Waals surface area (Å²) in [4.78, 5) is 39.8. The average molecular weight is 332 g/mol. The summed E-state index contributed by atoms with van der Waals surface area (Å²) >= 11 is 0. The Labute approximate surface area is 142 Å². The molecule has 0 aromatic heterocycles. The second kappa shape index (κ2) is 8.33. The molecule has 2 rings (SSSR count). The Morgan fingerprint density at radius 3 is 2.58 bits per heavy atom. The monoisotopic (exact) mass is 332 g/mol. The first-order valence-electron chi connectivity index (χ1n) is 8.07. The van der Waals surface area contributed by atoms with Crippen LogP contribution in [0, 0.1) is 0 Å². The fourth-order valence-electron chi connectivity index (χ4n) is 2.55. The van der Waals surface area contributed by atoms with Crippen LogP contribution in [0.3, 0.4) is 0 Å². The van der Waals surface area contributed by atoms with Gasteiger partial charge in [-0.1, -0.05) is 18.2 Å². The van der Waals surface area contributed by atoms with E-state index >= 15 is 0 Å². The summed E-state index contributed by atoms with van der Waals surface area (Å²) in [7, 11) is 3.57. The quantitative estimate of drug-likeness (QED) is 0.718. The van der Waals surface area contributed by atoms with Crippen molar-refractivity contribution in [2.24, 2.45) is 0 Å². The number of para-hydroxylation sites is 1. The minimum absolute atomic E-state index is 0.0658. The SMILES string of the molecule is CN1CC(=O)N(CCCC(=O)NCCN(C)c2ccccc2)C1=O. The predicted molar refractivity (Wildman–Crippen MR) is 91.7 cm³/mol. The molecule has 1 aromatic rings. The Morgan fingerprint density at radius 2 is 1.96 bits per heavy atom. The van der Waals surface area contributed by atoms with Crippen LogP contribution in [0.4, 0.5) is 10.5 Å². The van der Waals surface area contributed by atoms with E-state index in [0.29, 0.717) is 32.5 Å². The molecule has 0 bridgehead atoms. The number of imide groups is 1. The Kier molecular flexibility index (Phi) is 6.17. The van der Waals surface area contributed by atoms with Crippen molar-refractivity contribution in [3.05, 3.63) is 30.3 Å². The number of carbonyl (C=O) groups excluding carboxylic acids is 3. The molecule has 0 radical (unpaired) electrons. The number of hydrogen-bond donors (Lipinski definition) is 1. The smallest absolute Gasteiger partial charge is 0.326 e. The fourth-order valence-corrected chi connectivity index (χ4v) is 2.55. The van der Waals surface area contributed by atoms with Gasteiger partial charge in [-0.3, -0.25) is 14.5 Å². The highest BCUT2D eigenvalue weighted by atomic mass is 16.2. The van der Waals surface area contributed by atoms with E-state index in [2.05, 4.69) is 10.2 Å². The zero-order valence-electron chi connectivity index (χ0n) is 14.2. The number of rotatable bonds is 8. The zero-order chi connectivity index (χ0) is 17.5. The number of benzene rings is 1. The van der Waals surface area contributed by atoms with E-state index in [0.717, 1.165) is 5.69 Å². The van der Waals surface area contributed by atoms with Crippen molar-refractivity contribution in [3.8, 4) is 0 Å². The van der Waals surface area contributed by atoms with Crippen LogP contribution in [0.15, 0.2) is 30.3 Å². The van der Waals surface area contributed by atoms with Crippen LogP contribution in [0.25, 0.3) is 0 Å². The largest absolute Gasteiger partial charge is 0.373 e. The Balaban J connectivity index is 1.62. The van der Waals surface area contributed by atoms with Crippen molar-refractivity contribution in [3.63, 3.8) is 0 Å². The van der Waals surface area contributed by atoms with Gasteiger partial charge in [0.1, 0.15) is 6.54 Å². The first-order chi connectivity index (χ1) is 11.5. The fraction of sp³-hybridized carbons (Fsp3) is 0.471. The van der Waals surface area contributed by atoms with Crippen molar-refractivity contribution in [2.45, 2.75) is 12.8 Å². The van der Waals surface area contributed by atoms with E-state index in [-0.39, 0.29) is 24.4 Å². The normalized spacial score (nSPS) is 14.2. The van der Waals surface area contributed by atoms with Gasteiger partial charge in [0.2, 0.25) is 11.8 Å². The number of hydrogen-bond acceptors (Lipinski definition) is 4. The summed E-state index contributed by atoms with van der Waals surface area (Å²) in [5, 5.41) is 2.86. The van der Waals surface area contributed by atoms with Crippen LogP contribution >= 0.6 is 0 Å². The van der Waals surface area contributed by atoms with E-state index in [1.807, 2.05) is 37.4 Å². The second-order valence-corrected chi connectivity index (χ2v) is 5.89. The third kappa shape index (κ3) is 4.71. The topological polar surface area (TPSA) is 73.0 Å². The maximum Gasteiger partial charge on any atom is 0.326 e. The Hall–Kier alpha value is -2.57. The van der Waals surface area contributed by atoms with E-state index in [4.69, 9.17) is 0 Å². The standard InChI is InChI=1S/C17H24N4O3/c1-19(14-7-4-3-5-8-14)12-10-18-15(22)9-6-11-21-16(23)13-20(2)17(21)24/h3-5,7-8H,6,9-13H2,1-2H3,(H,18,22). The first-order valence-corrected chi connectivity index (χ1v) is 8.07. The molecule has 0 aliphatic carbocycles. The predicted octanol–water partition coefficient (Wildman–Crippen LogP) is 0.913. The number of amides is 4. The minimum Gasteiger partial charge on any atom is -0.373 e. The van der Waals surface area contributed by atoms with Gasteiger partial charge < -0.3 is 15.1 Å². The van der Waals surface area contributed by atoms with Gasteiger partial charge in [0, 0.05) is 45.8 Å². The van der Waals surface area contributed by atoms with Crippen LogP contribution in [0.2, 0.25) is 0 Å². The number of nitrogens with one attached hydrogen (secondary N) is 1.